The van der Waals surface area contributed by atoms with E-state index in [1.165, 1.54) is 11.1 Å². The average molecular weight is 289 g/mol. The smallest absolute Gasteiger partial charge is 0.159 e. The maximum absolute atomic E-state index is 11.7. The standard InChI is InChI=1S/C20H19NO/c1-13(22)15-10-11-19-18(12-15)16-8-5-9-17(16)20(21-19)14-6-3-2-4-7-14/h2-8,10-12,16-17,20-21H,9H2,1H3/t16-,17-,20-/m1/s1. The zero-order valence-electron chi connectivity index (χ0n) is 12.6. The Morgan fingerprint density at radius 3 is 2.73 bits per heavy atom. The van der Waals surface area contributed by atoms with Crippen molar-refractivity contribution in [1.29, 1.82) is 0 Å². The lowest BCUT2D eigenvalue weighted by Crippen LogP contribution is -2.29. The Labute approximate surface area is 130 Å². The van der Waals surface area contributed by atoms with Crippen LogP contribution in [0.15, 0.2) is 60.7 Å². The summed E-state index contributed by atoms with van der Waals surface area (Å²) in [5.74, 6) is 1.06. The van der Waals surface area contributed by atoms with Gasteiger partial charge in [0.05, 0.1) is 6.04 Å². The quantitative estimate of drug-likeness (QED) is 0.640. The number of hydrogen-bond acceptors (Lipinski definition) is 2. The van der Waals surface area contributed by atoms with Crippen molar-refractivity contribution in [1.82, 2.24) is 0 Å². The van der Waals surface area contributed by atoms with Gasteiger partial charge in [-0.2, -0.15) is 0 Å². The molecule has 0 spiro atoms. The zero-order valence-corrected chi connectivity index (χ0v) is 12.6. The summed E-state index contributed by atoms with van der Waals surface area (Å²) in [6, 6.07) is 17.0. The van der Waals surface area contributed by atoms with Gasteiger partial charge in [-0.05, 0) is 48.6 Å². The van der Waals surface area contributed by atoms with Crippen molar-refractivity contribution in [2.24, 2.45) is 5.92 Å². The largest absolute Gasteiger partial charge is 0.378 e. The molecule has 0 amide bonds. The van der Waals surface area contributed by atoms with Gasteiger partial charge in [-0.25, -0.2) is 0 Å². The fraction of sp³-hybridized carbons (Fsp3) is 0.250. The van der Waals surface area contributed by atoms with E-state index in [2.05, 4.69) is 59.9 Å². The number of carbonyl (C=O) groups is 1. The highest BCUT2D eigenvalue weighted by Crippen LogP contribution is 2.49. The highest BCUT2D eigenvalue weighted by molar-refractivity contribution is 5.95. The van der Waals surface area contributed by atoms with E-state index in [-0.39, 0.29) is 5.78 Å². The van der Waals surface area contributed by atoms with Crippen LogP contribution in [0.3, 0.4) is 0 Å². The maximum Gasteiger partial charge on any atom is 0.159 e. The summed E-state index contributed by atoms with van der Waals surface area (Å²) >= 11 is 0. The number of anilines is 1. The number of hydrogen-bond donors (Lipinski definition) is 1. The van der Waals surface area contributed by atoms with Gasteiger partial charge in [0.15, 0.2) is 5.78 Å². The minimum atomic E-state index is 0.131. The Bertz CT molecular complexity index is 748. The second kappa shape index (κ2) is 5.13. The predicted octanol–water partition coefficient (Wildman–Crippen LogP) is 4.72. The summed E-state index contributed by atoms with van der Waals surface area (Å²) < 4.78 is 0. The molecule has 22 heavy (non-hydrogen) atoms. The Morgan fingerprint density at radius 1 is 1.14 bits per heavy atom. The second-order valence-electron chi connectivity index (χ2n) is 6.24. The van der Waals surface area contributed by atoms with E-state index < -0.39 is 0 Å². The van der Waals surface area contributed by atoms with Gasteiger partial charge in [0.25, 0.3) is 0 Å². The first-order valence-corrected chi connectivity index (χ1v) is 7.87. The van der Waals surface area contributed by atoms with Crippen molar-refractivity contribution in [2.75, 3.05) is 5.32 Å². The number of fused-ring (bicyclic) bond motifs is 3. The molecule has 0 radical (unpaired) electrons. The van der Waals surface area contributed by atoms with Crippen molar-refractivity contribution >= 4 is 11.5 Å². The van der Waals surface area contributed by atoms with Crippen LogP contribution < -0.4 is 5.32 Å². The normalized spacial score (nSPS) is 25.2. The van der Waals surface area contributed by atoms with E-state index in [1.54, 1.807) is 6.92 Å². The maximum atomic E-state index is 11.7. The third-order valence-corrected chi connectivity index (χ3v) is 4.93. The molecule has 3 atom stereocenters. The lowest BCUT2D eigenvalue weighted by Gasteiger charge is -2.37. The van der Waals surface area contributed by atoms with Crippen LogP contribution in [0.1, 0.15) is 46.8 Å². The van der Waals surface area contributed by atoms with Crippen LogP contribution in [0.5, 0.6) is 0 Å². The van der Waals surface area contributed by atoms with Crippen molar-refractivity contribution < 1.29 is 4.79 Å². The molecule has 0 bridgehead atoms. The SMILES string of the molecule is CC(=O)c1ccc2c(c1)[C@@H]1C=CC[C@H]1[C@@H](c1ccccc1)N2. The fourth-order valence-corrected chi connectivity index (χ4v) is 3.80. The highest BCUT2D eigenvalue weighted by atomic mass is 16.1. The van der Waals surface area contributed by atoms with Crippen LogP contribution in [0, 0.1) is 5.92 Å². The zero-order chi connectivity index (χ0) is 15.1. The molecule has 2 aromatic carbocycles. The molecule has 2 heteroatoms. The number of rotatable bonds is 2. The molecule has 1 N–H and O–H groups in total. The van der Waals surface area contributed by atoms with Gasteiger partial charge in [0.1, 0.15) is 0 Å². The van der Waals surface area contributed by atoms with Crippen LogP contribution >= 0.6 is 0 Å². The van der Waals surface area contributed by atoms with E-state index in [0.717, 1.165) is 17.7 Å². The molecule has 110 valence electrons. The molecule has 2 aromatic rings. The number of benzene rings is 2. The summed E-state index contributed by atoms with van der Waals surface area (Å²) in [4.78, 5) is 11.7. The highest BCUT2D eigenvalue weighted by Gasteiger charge is 2.37. The van der Waals surface area contributed by atoms with Crippen LogP contribution in [0.2, 0.25) is 0 Å². The van der Waals surface area contributed by atoms with Gasteiger partial charge in [-0.15, -0.1) is 0 Å². The second-order valence-corrected chi connectivity index (χ2v) is 6.24. The summed E-state index contributed by atoms with van der Waals surface area (Å²) in [7, 11) is 0. The molecule has 2 aliphatic rings. The van der Waals surface area contributed by atoms with Gasteiger partial charge < -0.3 is 5.32 Å². The van der Waals surface area contributed by atoms with Crippen molar-refractivity contribution in [3.05, 3.63) is 77.4 Å². The fourth-order valence-electron chi connectivity index (χ4n) is 3.80. The van der Waals surface area contributed by atoms with Crippen LogP contribution in [0.4, 0.5) is 5.69 Å². The Kier molecular flexibility index (Phi) is 3.11. The number of ketones is 1. The lowest BCUT2D eigenvalue weighted by molar-refractivity contribution is 0.101. The topological polar surface area (TPSA) is 29.1 Å². The van der Waals surface area contributed by atoms with Gasteiger partial charge in [0, 0.05) is 17.2 Å². The van der Waals surface area contributed by atoms with E-state index in [0.29, 0.717) is 17.9 Å². The third kappa shape index (κ3) is 2.07. The molecule has 0 unspecified atom stereocenters. The van der Waals surface area contributed by atoms with Crippen molar-refractivity contribution in [3.63, 3.8) is 0 Å². The average Bonchev–Trinajstić information content (AvgIpc) is 3.04. The molecule has 0 saturated heterocycles. The number of Topliss-reactive ketones (excluding diaryl/α,β-unsaturated/α-hetero) is 1. The van der Waals surface area contributed by atoms with E-state index in [4.69, 9.17) is 0 Å². The van der Waals surface area contributed by atoms with Gasteiger partial charge in [-0.1, -0.05) is 42.5 Å². The van der Waals surface area contributed by atoms with Crippen LogP contribution in [-0.2, 0) is 0 Å². The van der Waals surface area contributed by atoms with E-state index in [9.17, 15) is 4.79 Å². The lowest BCUT2D eigenvalue weighted by atomic mass is 9.76. The Balaban J connectivity index is 1.79. The summed E-state index contributed by atoms with van der Waals surface area (Å²) in [6.45, 7) is 1.63. The predicted molar refractivity (Wildman–Crippen MR) is 89.2 cm³/mol. The molecule has 0 aromatic heterocycles. The molecule has 1 aliphatic heterocycles. The van der Waals surface area contributed by atoms with Gasteiger partial charge >= 0.3 is 0 Å². The van der Waals surface area contributed by atoms with E-state index >= 15 is 0 Å². The summed E-state index contributed by atoms with van der Waals surface area (Å²) in [5, 5.41) is 3.70. The van der Waals surface area contributed by atoms with Crippen molar-refractivity contribution in [2.45, 2.75) is 25.3 Å². The minimum Gasteiger partial charge on any atom is -0.378 e. The Morgan fingerprint density at radius 2 is 1.95 bits per heavy atom. The molecule has 2 nitrogen and oxygen atoms in total. The third-order valence-electron chi connectivity index (χ3n) is 4.93. The van der Waals surface area contributed by atoms with Gasteiger partial charge in [0.2, 0.25) is 0 Å². The molecule has 1 heterocycles. The number of carbonyl (C=O) groups excluding carboxylic acids is 1. The molecular weight excluding hydrogens is 270 g/mol. The summed E-state index contributed by atoms with van der Waals surface area (Å²) in [6.07, 6.45) is 5.67. The first-order chi connectivity index (χ1) is 10.7. The molecule has 1 aliphatic carbocycles. The Hall–Kier alpha value is -2.35. The van der Waals surface area contributed by atoms with Crippen molar-refractivity contribution in [3.8, 4) is 0 Å². The number of allylic oxidation sites excluding steroid dienone is 2. The minimum absolute atomic E-state index is 0.131. The van der Waals surface area contributed by atoms with Crippen LogP contribution in [-0.4, -0.2) is 5.78 Å². The monoisotopic (exact) mass is 289 g/mol. The van der Waals surface area contributed by atoms with Crippen LogP contribution in [0.25, 0.3) is 0 Å². The number of nitrogens with one attached hydrogen (secondary N) is 1. The molecule has 0 saturated carbocycles. The van der Waals surface area contributed by atoms with E-state index in [1.807, 2.05) is 6.07 Å². The van der Waals surface area contributed by atoms with Gasteiger partial charge in [-0.3, -0.25) is 4.79 Å². The molecule has 4 rings (SSSR count). The molecular formula is C20H19NO. The first kappa shape index (κ1) is 13.3. The first-order valence-electron chi connectivity index (χ1n) is 7.87. The molecule has 0 fully saturated rings. The summed E-state index contributed by atoms with van der Waals surface area (Å²) in [5.41, 5.74) is 4.56.